The molecule has 0 N–H and O–H groups in total. The van der Waals surface area contributed by atoms with Gasteiger partial charge < -0.3 is 4.57 Å². The minimum Gasteiger partial charge on any atom is -0.339 e. The van der Waals surface area contributed by atoms with E-state index in [1.165, 1.54) is 0 Å². The number of hydrogen-bond donors (Lipinski definition) is 0. The molecule has 2 aromatic rings. The summed E-state index contributed by atoms with van der Waals surface area (Å²) in [5.41, 5.74) is 2.17. The Kier molecular flexibility index (Phi) is 4.16. The minimum absolute atomic E-state index is 0.475. The fourth-order valence-electron chi connectivity index (χ4n) is 1.93. The maximum atomic E-state index is 9.23. The highest BCUT2D eigenvalue weighted by molar-refractivity contribution is 6.43. The second kappa shape index (κ2) is 5.66. The van der Waals surface area contributed by atoms with E-state index < -0.39 is 0 Å². The molecule has 0 atom stereocenters. The Balaban J connectivity index is 2.53. The molecule has 19 heavy (non-hydrogen) atoms. The monoisotopic (exact) mass is 293 g/mol. The lowest BCUT2D eigenvalue weighted by atomic mass is 10.1. The van der Waals surface area contributed by atoms with Crippen molar-refractivity contribution in [3.8, 4) is 17.2 Å². The van der Waals surface area contributed by atoms with Crippen molar-refractivity contribution in [1.82, 2.24) is 9.47 Å². The second-order valence-corrected chi connectivity index (χ2v) is 5.32. The molecule has 0 fully saturated rings. The molecular weight excluding hydrogens is 281 g/mol. The van der Waals surface area contributed by atoms with Gasteiger partial charge in [0, 0.05) is 23.5 Å². The molecule has 0 aliphatic rings. The van der Waals surface area contributed by atoms with Crippen LogP contribution in [0.5, 0.6) is 0 Å². The first-order chi connectivity index (χ1) is 9.02. The van der Waals surface area contributed by atoms with Crippen LogP contribution in [-0.4, -0.2) is 23.6 Å². The standard InChI is InChI=1S/C14H13Cl2N3/c1-18(2)9-19-7-10(6-17)12(8-19)11-4-3-5-13(15)14(11)16/h3-5,7-8H,9H2,1-2H3. The maximum absolute atomic E-state index is 9.23. The van der Waals surface area contributed by atoms with Crippen molar-refractivity contribution in [2.24, 2.45) is 0 Å². The average molecular weight is 294 g/mol. The third kappa shape index (κ3) is 2.93. The Morgan fingerprint density at radius 2 is 1.95 bits per heavy atom. The van der Waals surface area contributed by atoms with E-state index in [0.29, 0.717) is 22.3 Å². The van der Waals surface area contributed by atoms with Crippen LogP contribution in [-0.2, 0) is 6.67 Å². The van der Waals surface area contributed by atoms with Crippen LogP contribution < -0.4 is 0 Å². The van der Waals surface area contributed by atoms with E-state index in [4.69, 9.17) is 23.2 Å². The second-order valence-electron chi connectivity index (χ2n) is 4.53. The molecule has 98 valence electrons. The van der Waals surface area contributed by atoms with Gasteiger partial charge in [-0.05, 0) is 20.2 Å². The van der Waals surface area contributed by atoms with E-state index in [1.54, 1.807) is 6.07 Å². The van der Waals surface area contributed by atoms with E-state index in [1.807, 2.05) is 48.1 Å². The number of rotatable bonds is 3. The molecule has 2 rings (SSSR count). The first-order valence-corrected chi connectivity index (χ1v) is 6.47. The first kappa shape index (κ1) is 14.0. The largest absolute Gasteiger partial charge is 0.339 e. The zero-order valence-corrected chi connectivity index (χ0v) is 12.2. The highest BCUT2D eigenvalue weighted by Crippen LogP contribution is 2.35. The molecular formula is C14H13Cl2N3. The summed E-state index contributed by atoms with van der Waals surface area (Å²) in [5.74, 6) is 0. The zero-order valence-electron chi connectivity index (χ0n) is 10.7. The number of aromatic nitrogens is 1. The predicted octanol–water partition coefficient (Wildman–Crippen LogP) is 3.85. The number of benzene rings is 1. The molecule has 0 spiro atoms. The predicted molar refractivity (Wildman–Crippen MR) is 78.3 cm³/mol. The van der Waals surface area contributed by atoms with E-state index >= 15 is 0 Å². The van der Waals surface area contributed by atoms with Crippen LogP contribution in [0.1, 0.15) is 5.56 Å². The molecule has 1 heterocycles. The third-order valence-corrected chi connectivity index (χ3v) is 3.51. The Morgan fingerprint density at radius 3 is 2.58 bits per heavy atom. The molecule has 1 aromatic carbocycles. The summed E-state index contributed by atoms with van der Waals surface area (Å²) >= 11 is 12.2. The number of nitriles is 1. The number of nitrogens with zero attached hydrogens (tertiary/aromatic N) is 3. The van der Waals surface area contributed by atoms with Gasteiger partial charge in [0.1, 0.15) is 6.07 Å². The highest BCUT2D eigenvalue weighted by atomic mass is 35.5. The van der Waals surface area contributed by atoms with Crippen molar-refractivity contribution in [2.75, 3.05) is 14.1 Å². The van der Waals surface area contributed by atoms with Gasteiger partial charge in [0.05, 0.1) is 22.3 Å². The zero-order chi connectivity index (χ0) is 14.0. The molecule has 0 amide bonds. The summed E-state index contributed by atoms with van der Waals surface area (Å²) in [7, 11) is 3.94. The molecule has 0 radical (unpaired) electrons. The topological polar surface area (TPSA) is 32.0 Å². The van der Waals surface area contributed by atoms with Crippen LogP contribution in [0, 0.1) is 11.3 Å². The van der Waals surface area contributed by atoms with Crippen molar-refractivity contribution >= 4 is 23.2 Å². The van der Waals surface area contributed by atoms with Crippen molar-refractivity contribution in [1.29, 1.82) is 5.26 Å². The summed E-state index contributed by atoms with van der Waals surface area (Å²) in [5, 5.41) is 10.2. The quantitative estimate of drug-likeness (QED) is 0.861. The SMILES string of the molecule is CN(C)Cn1cc(C#N)c(-c2cccc(Cl)c2Cl)c1. The molecule has 0 saturated heterocycles. The van der Waals surface area contributed by atoms with Crippen molar-refractivity contribution in [2.45, 2.75) is 6.67 Å². The summed E-state index contributed by atoms with van der Waals surface area (Å²) in [4.78, 5) is 2.02. The third-order valence-electron chi connectivity index (χ3n) is 2.69. The molecule has 5 heteroatoms. The first-order valence-electron chi connectivity index (χ1n) is 5.72. The molecule has 0 aliphatic carbocycles. The van der Waals surface area contributed by atoms with Gasteiger partial charge in [-0.3, -0.25) is 4.90 Å². The fraction of sp³-hybridized carbons (Fsp3) is 0.214. The van der Waals surface area contributed by atoms with Crippen LogP contribution in [0.2, 0.25) is 10.0 Å². The van der Waals surface area contributed by atoms with Crippen LogP contribution >= 0.6 is 23.2 Å². The Hall–Kier alpha value is -1.47. The molecule has 3 nitrogen and oxygen atoms in total. The van der Waals surface area contributed by atoms with Crippen LogP contribution in [0.3, 0.4) is 0 Å². The summed E-state index contributed by atoms with van der Waals surface area (Å²) in [6.07, 6.45) is 3.72. The summed E-state index contributed by atoms with van der Waals surface area (Å²) < 4.78 is 1.95. The van der Waals surface area contributed by atoms with E-state index in [2.05, 4.69) is 6.07 Å². The molecule has 0 bridgehead atoms. The van der Waals surface area contributed by atoms with Crippen molar-refractivity contribution < 1.29 is 0 Å². The molecule has 1 aromatic heterocycles. The van der Waals surface area contributed by atoms with Crippen molar-refractivity contribution in [3.05, 3.63) is 46.2 Å². The fourth-order valence-corrected chi connectivity index (χ4v) is 2.33. The van der Waals surface area contributed by atoms with Crippen LogP contribution in [0.15, 0.2) is 30.6 Å². The Bertz CT molecular complexity index is 639. The normalized spacial score (nSPS) is 10.7. The van der Waals surface area contributed by atoms with Gasteiger partial charge >= 0.3 is 0 Å². The number of halogens is 2. The lowest BCUT2D eigenvalue weighted by Crippen LogP contribution is -2.15. The Morgan fingerprint density at radius 1 is 1.21 bits per heavy atom. The van der Waals surface area contributed by atoms with E-state index in [-0.39, 0.29) is 0 Å². The van der Waals surface area contributed by atoms with E-state index in [9.17, 15) is 5.26 Å². The number of hydrogen-bond acceptors (Lipinski definition) is 2. The van der Waals surface area contributed by atoms with Gasteiger partial charge in [-0.2, -0.15) is 5.26 Å². The van der Waals surface area contributed by atoms with E-state index in [0.717, 1.165) is 11.1 Å². The van der Waals surface area contributed by atoms with Gasteiger partial charge in [0.25, 0.3) is 0 Å². The molecule has 0 saturated carbocycles. The lowest BCUT2D eigenvalue weighted by molar-refractivity contribution is 0.327. The van der Waals surface area contributed by atoms with Gasteiger partial charge in [0.2, 0.25) is 0 Å². The Labute approximate surface area is 122 Å². The van der Waals surface area contributed by atoms with Gasteiger partial charge in [-0.25, -0.2) is 0 Å². The van der Waals surface area contributed by atoms with Crippen molar-refractivity contribution in [3.63, 3.8) is 0 Å². The van der Waals surface area contributed by atoms with Gasteiger partial charge in [-0.1, -0.05) is 35.3 Å². The maximum Gasteiger partial charge on any atom is 0.101 e. The van der Waals surface area contributed by atoms with Crippen LogP contribution in [0.4, 0.5) is 0 Å². The lowest BCUT2D eigenvalue weighted by Gasteiger charge is -2.10. The summed E-state index contributed by atoms with van der Waals surface area (Å²) in [6.45, 7) is 0.701. The van der Waals surface area contributed by atoms with Gasteiger partial charge in [-0.15, -0.1) is 0 Å². The smallest absolute Gasteiger partial charge is 0.101 e. The summed E-state index contributed by atoms with van der Waals surface area (Å²) in [6, 6.07) is 7.62. The average Bonchev–Trinajstić information content (AvgIpc) is 2.74. The molecule has 0 aliphatic heterocycles. The molecule has 0 unspecified atom stereocenters. The van der Waals surface area contributed by atoms with Gasteiger partial charge in [0.15, 0.2) is 0 Å². The minimum atomic E-state index is 0.475. The highest BCUT2D eigenvalue weighted by Gasteiger charge is 2.13. The van der Waals surface area contributed by atoms with Crippen LogP contribution in [0.25, 0.3) is 11.1 Å².